The van der Waals surface area contributed by atoms with Crippen molar-refractivity contribution < 1.29 is 19.0 Å². The van der Waals surface area contributed by atoms with Crippen LogP contribution in [-0.2, 0) is 19.0 Å². The third kappa shape index (κ3) is 2.09. The summed E-state index contributed by atoms with van der Waals surface area (Å²) in [6, 6.07) is 9.71. The van der Waals surface area contributed by atoms with Crippen molar-refractivity contribution >= 4 is 5.97 Å². The lowest BCUT2D eigenvalue weighted by molar-refractivity contribution is -0.145. The van der Waals surface area contributed by atoms with Gasteiger partial charge in [0.1, 0.15) is 12.2 Å². The first-order valence-electron chi connectivity index (χ1n) is 5.54. The lowest BCUT2D eigenvalue weighted by Gasteiger charge is -2.15. The second kappa shape index (κ2) is 4.31. The molecule has 3 atom stereocenters. The molecule has 1 aromatic rings. The number of carbonyl (C=O) groups is 1. The molecule has 88 valence electrons. The number of benzene rings is 1. The van der Waals surface area contributed by atoms with Gasteiger partial charge < -0.3 is 14.2 Å². The van der Waals surface area contributed by atoms with E-state index in [0.29, 0.717) is 6.61 Å². The van der Waals surface area contributed by atoms with Crippen LogP contribution in [0.2, 0.25) is 0 Å². The summed E-state index contributed by atoms with van der Waals surface area (Å²) in [6.45, 7) is 0.432. The second-order valence-electron chi connectivity index (χ2n) is 4.01. The zero-order valence-electron chi connectivity index (χ0n) is 9.11. The van der Waals surface area contributed by atoms with Gasteiger partial charge in [-0.2, -0.15) is 0 Å². The van der Waals surface area contributed by atoms with Gasteiger partial charge in [-0.25, -0.2) is 4.79 Å². The molecule has 4 nitrogen and oxygen atoms in total. The summed E-state index contributed by atoms with van der Waals surface area (Å²) in [5.41, 5.74) is 0.975. The summed E-state index contributed by atoms with van der Waals surface area (Å²) in [4.78, 5) is 11.0. The SMILES string of the molecule is O=C1C=CC(C2COC(c3ccccc3)O2)O1. The van der Waals surface area contributed by atoms with Crippen LogP contribution in [0.4, 0.5) is 0 Å². The van der Waals surface area contributed by atoms with E-state index in [1.54, 1.807) is 6.08 Å². The van der Waals surface area contributed by atoms with Gasteiger partial charge in [0.2, 0.25) is 0 Å². The Morgan fingerprint density at radius 3 is 2.71 bits per heavy atom. The lowest BCUT2D eigenvalue weighted by atomic mass is 10.2. The highest BCUT2D eigenvalue weighted by Gasteiger charge is 2.35. The minimum Gasteiger partial charge on any atom is -0.452 e. The zero-order valence-corrected chi connectivity index (χ0v) is 9.11. The molecule has 0 saturated carbocycles. The number of hydrogen-bond donors (Lipinski definition) is 0. The number of ether oxygens (including phenoxy) is 3. The highest BCUT2D eigenvalue weighted by atomic mass is 16.7. The number of rotatable bonds is 2. The van der Waals surface area contributed by atoms with Crippen LogP contribution in [0.5, 0.6) is 0 Å². The predicted molar refractivity (Wildman–Crippen MR) is 59.0 cm³/mol. The minimum absolute atomic E-state index is 0.220. The van der Waals surface area contributed by atoms with Gasteiger partial charge in [-0.05, 0) is 6.08 Å². The molecule has 1 aromatic carbocycles. The predicted octanol–water partition coefficient (Wildman–Crippen LogP) is 1.58. The van der Waals surface area contributed by atoms with Gasteiger partial charge in [-0.1, -0.05) is 30.3 Å². The molecule has 0 bridgehead atoms. The molecular formula is C13H12O4. The molecule has 17 heavy (non-hydrogen) atoms. The fourth-order valence-corrected chi connectivity index (χ4v) is 1.96. The highest BCUT2D eigenvalue weighted by Crippen LogP contribution is 2.30. The topological polar surface area (TPSA) is 44.8 Å². The van der Waals surface area contributed by atoms with Crippen molar-refractivity contribution in [3.8, 4) is 0 Å². The van der Waals surface area contributed by atoms with Crippen molar-refractivity contribution in [3.63, 3.8) is 0 Å². The number of esters is 1. The molecular weight excluding hydrogens is 220 g/mol. The summed E-state index contributed by atoms with van der Waals surface area (Å²) in [5, 5.41) is 0. The molecule has 0 aliphatic carbocycles. The summed E-state index contributed by atoms with van der Waals surface area (Å²) in [5.74, 6) is -0.318. The molecule has 0 radical (unpaired) electrons. The summed E-state index contributed by atoms with van der Waals surface area (Å²) in [6.07, 6.45) is 2.22. The van der Waals surface area contributed by atoms with E-state index >= 15 is 0 Å². The third-order valence-electron chi connectivity index (χ3n) is 2.82. The summed E-state index contributed by atoms with van der Waals surface area (Å²) in [7, 11) is 0. The molecule has 3 unspecified atom stereocenters. The minimum atomic E-state index is -0.367. The first-order valence-corrected chi connectivity index (χ1v) is 5.54. The zero-order chi connectivity index (χ0) is 11.7. The number of hydrogen-bond acceptors (Lipinski definition) is 4. The van der Waals surface area contributed by atoms with E-state index in [9.17, 15) is 4.79 Å². The number of cyclic esters (lactones) is 1. The van der Waals surface area contributed by atoms with E-state index in [0.717, 1.165) is 5.56 Å². The standard InChI is InChI=1S/C13H12O4/c14-12-7-6-10(16-12)11-8-15-13(17-11)9-4-2-1-3-5-9/h1-7,10-11,13H,8H2. The quantitative estimate of drug-likeness (QED) is 0.726. The molecule has 4 heteroatoms. The monoisotopic (exact) mass is 232 g/mol. The maximum Gasteiger partial charge on any atom is 0.331 e. The Morgan fingerprint density at radius 1 is 1.18 bits per heavy atom. The highest BCUT2D eigenvalue weighted by molar-refractivity contribution is 5.84. The van der Waals surface area contributed by atoms with Crippen LogP contribution in [0.1, 0.15) is 11.9 Å². The fourth-order valence-electron chi connectivity index (χ4n) is 1.96. The first-order chi connectivity index (χ1) is 8.33. The van der Waals surface area contributed by atoms with E-state index in [1.165, 1.54) is 6.08 Å². The molecule has 0 amide bonds. The molecule has 0 spiro atoms. The maximum absolute atomic E-state index is 11.0. The lowest BCUT2D eigenvalue weighted by Crippen LogP contribution is -2.27. The molecule has 3 rings (SSSR count). The van der Waals surface area contributed by atoms with Crippen LogP contribution >= 0.6 is 0 Å². The van der Waals surface area contributed by atoms with Crippen LogP contribution in [0.3, 0.4) is 0 Å². The second-order valence-corrected chi connectivity index (χ2v) is 4.01. The smallest absolute Gasteiger partial charge is 0.331 e. The normalized spacial score (nSPS) is 31.8. The van der Waals surface area contributed by atoms with Crippen LogP contribution < -0.4 is 0 Å². The molecule has 1 saturated heterocycles. The van der Waals surface area contributed by atoms with Gasteiger partial charge in [0.05, 0.1) is 6.61 Å². The number of carbonyl (C=O) groups excluding carboxylic acids is 1. The average Bonchev–Trinajstić information content (AvgIpc) is 2.98. The molecule has 1 fully saturated rings. The molecule has 0 aromatic heterocycles. The van der Waals surface area contributed by atoms with E-state index < -0.39 is 0 Å². The molecule has 2 aliphatic rings. The Labute approximate surface area is 98.8 Å². The van der Waals surface area contributed by atoms with Gasteiger partial charge in [-0.15, -0.1) is 0 Å². The largest absolute Gasteiger partial charge is 0.452 e. The van der Waals surface area contributed by atoms with Gasteiger partial charge in [0.25, 0.3) is 0 Å². The Morgan fingerprint density at radius 2 is 2.00 bits per heavy atom. The van der Waals surface area contributed by atoms with Gasteiger partial charge >= 0.3 is 5.97 Å². The Balaban J connectivity index is 1.66. The van der Waals surface area contributed by atoms with Crippen LogP contribution in [0, 0.1) is 0 Å². The fraction of sp³-hybridized carbons (Fsp3) is 0.308. The van der Waals surface area contributed by atoms with E-state index in [4.69, 9.17) is 14.2 Å². The average molecular weight is 232 g/mol. The van der Waals surface area contributed by atoms with Gasteiger partial charge in [0.15, 0.2) is 6.29 Å². The van der Waals surface area contributed by atoms with Crippen LogP contribution in [-0.4, -0.2) is 24.8 Å². The Hall–Kier alpha value is -1.65. The van der Waals surface area contributed by atoms with E-state index in [2.05, 4.69) is 0 Å². The van der Waals surface area contributed by atoms with Crippen molar-refractivity contribution in [3.05, 3.63) is 48.0 Å². The molecule has 0 N–H and O–H groups in total. The van der Waals surface area contributed by atoms with E-state index in [-0.39, 0.29) is 24.5 Å². The summed E-state index contributed by atoms with van der Waals surface area (Å²) >= 11 is 0. The van der Waals surface area contributed by atoms with Crippen molar-refractivity contribution in [2.75, 3.05) is 6.61 Å². The van der Waals surface area contributed by atoms with Gasteiger partial charge in [0, 0.05) is 11.6 Å². The van der Waals surface area contributed by atoms with Crippen LogP contribution in [0.15, 0.2) is 42.5 Å². The van der Waals surface area contributed by atoms with Crippen LogP contribution in [0.25, 0.3) is 0 Å². The maximum atomic E-state index is 11.0. The molecule has 2 aliphatic heterocycles. The molecule has 2 heterocycles. The van der Waals surface area contributed by atoms with Gasteiger partial charge in [-0.3, -0.25) is 0 Å². The summed E-state index contributed by atoms with van der Waals surface area (Å²) < 4.78 is 16.4. The van der Waals surface area contributed by atoms with Crippen molar-refractivity contribution in [2.24, 2.45) is 0 Å². The third-order valence-corrected chi connectivity index (χ3v) is 2.82. The van der Waals surface area contributed by atoms with Crippen molar-refractivity contribution in [1.82, 2.24) is 0 Å². The van der Waals surface area contributed by atoms with E-state index in [1.807, 2.05) is 30.3 Å². The Bertz CT molecular complexity index is 440. The Kier molecular flexibility index (Phi) is 2.66. The van der Waals surface area contributed by atoms with Crippen molar-refractivity contribution in [1.29, 1.82) is 0 Å². The van der Waals surface area contributed by atoms with Crippen molar-refractivity contribution in [2.45, 2.75) is 18.5 Å². The first kappa shape index (κ1) is 10.5.